The first kappa shape index (κ1) is 9.66. The van der Waals surface area contributed by atoms with Crippen molar-refractivity contribution in [1.29, 1.82) is 0 Å². The SMILES string of the molecule is CCc1ccc(SC)cc1CC. The Hall–Kier alpha value is -0.430. The van der Waals surface area contributed by atoms with E-state index in [0.717, 1.165) is 12.8 Å². The van der Waals surface area contributed by atoms with Gasteiger partial charge in [0.15, 0.2) is 0 Å². The predicted octanol–water partition coefficient (Wildman–Crippen LogP) is 3.53. The topological polar surface area (TPSA) is 0 Å². The van der Waals surface area contributed by atoms with Gasteiger partial charge in [0.1, 0.15) is 0 Å². The van der Waals surface area contributed by atoms with E-state index in [1.54, 1.807) is 0 Å². The molecule has 0 aliphatic rings. The van der Waals surface area contributed by atoms with Crippen LogP contribution in [0.15, 0.2) is 23.1 Å². The molecule has 66 valence electrons. The maximum Gasteiger partial charge on any atom is 0.00720 e. The summed E-state index contributed by atoms with van der Waals surface area (Å²) in [5.41, 5.74) is 3.00. The minimum Gasteiger partial charge on any atom is -0.130 e. The molecule has 0 saturated carbocycles. The molecule has 0 unspecified atom stereocenters. The normalized spacial score (nSPS) is 10.2. The van der Waals surface area contributed by atoms with Gasteiger partial charge >= 0.3 is 0 Å². The molecule has 0 fully saturated rings. The van der Waals surface area contributed by atoms with Gasteiger partial charge in [-0.3, -0.25) is 0 Å². The molecule has 1 rings (SSSR count). The number of benzene rings is 1. The highest BCUT2D eigenvalue weighted by Crippen LogP contribution is 2.20. The van der Waals surface area contributed by atoms with Crippen molar-refractivity contribution in [3.05, 3.63) is 29.3 Å². The molecule has 0 heterocycles. The van der Waals surface area contributed by atoms with E-state index in [2.05, 4.69) is 38.3 Å². The highest BCUT2D eigenvalue weighted by Gasteiger charge is 1.99. The molecule has 0 radical (unpaired) electrons. The van der Waals surface area contributed by atoms with Crippen molar-refractivity contribution in [2.75, 3.05) is 6.26 Å². The Labute approximate surface area is 79.4 Å². The number of rotatable bonds is 3. The lowest BCUT2D eigenvalue weighted by Gasteiger charge is -2.06. The van der Waals surface area contributed by atoms with E-state index < -0.39 is 0 Å². The molecule has 0 nitrogen and oxygen atoms in total. The second kappa shape index (κ2) is 4.56. The van der Waals surface area contributed by atoms with E-state index in [9.17, 15) is 0 Å². The van der Waals surface area contributed by atoms with Gasteiger partial charge in [0.05, 0.1) is 0 Å². The summed E-state index contributed by atoms with van der Waals surface area (Å²) in [6, 6.07) is 6.77. The Morgan fingerprint density at radius 2 is 1.75 bits per heavy atom. The first-order valence-electron chi connectivity index (χ1n) is 4.47. The van der Waals surface area contributed by atoms with Crippen LogP contribution in [0.1, 0.15) is 25.0 Å². The number of hydrogen-bond donors (Lipinski definition) is 0. The molecule has 1 aromatic carbocycles. The van der Waals surface area contributed by atoms with Crippen molar-refractivity contribution in [2.24, 2.45) is 0 Å². The van der Waals surface area contributed by atoms with Crippen molar-refractivity contribution in [2.45, 2.75) is 31.6 Å². The molecule has 0 atom stereocenters. The van der Waals surface area contributed by atoms with Crippen molar-refractivity contribution >= 4 is 11.8 Å². The Morgan fingerprint density at radius 1 is 1.08 bits per heavy atom. The second-order valence-electron chi connectivity index (χ2n) is 2.84. The fourth-order valence-electron chi connectivity index (χ4n) is 1.40. The van der Waals surface area contributed by atoms with Crippen molar-refractivity contribution in [3.8, 4) is 0 Å². The summed E-state index contributed by atoms with van der Waals surface area (Å²) in [6.07, 6.45) is 4.43. The van der Waals surface area contributed by atoms with Crippen LogP contribution in [0.2, 0.25) is 0 Å². The summed E-state index contributed by atoms with van der Waals surface area (Å²) >= 11 is 1.82. The number of thioether (sulfide) groups is 1. The molecular formula is C11H16S. The molecule has 0 aliphatic heterocycles. The molecule has 0 aliphatic carbocycles. The summed E-state index contributed by atoms with van der Waals surface area (Å²) in [5.74, 6) is 0. The van der Waals surface area contributed by atoms with Crippen LogP contribution < -0.4 is 0 Å². The van der Waals surface area contributed by atoms with Gasteiger partial charge in [-0.25, -0.2) is 0 Å². The first-order valence-corrected chi connectivity index (χ1v) is 5.70. The minimum atomic E-state index is 1.15. The van der Waals surface area contributed by atoms with Gasteiger partial charge in [0.25, 0.3) is 0 Å². The van der Waals surface area contributed by atoms with Gasteiger partial charge in [-0.05, 0) is 42.4 Å². The Balaban J connectivity index is 3.02. The van der Waals surface area contributed by atoms with Gasteiger partial charge < -0.3 is 0 Å². The highest BCUT2D eigenvalue weighted by molar-refractivity contribution is 7.98. The smallest absolute Gasteiger partial charge is 0.00720 e. The van der Waals surface area contributed by atoms with Crippen molar-refractivity contribution in [3.63, 3.8) is 0 Å². The lowest BCUT2D eigenvalue weighted by atomic mass is 10.0. The van der Waals surface area contributed by atoms with Crippen LogP contribution in [0.3, 0.4) is 0 Å². The van der Waals surface area contributed by atoms with Gasteiger partial charge in [-0.2, -0.15) is 0 Å². The van der Waals surface area contributed by atoms with Crippen molar-refractivity contribution < 1.29 is 0 Å². The molecule has 12 heavy (non-hydrogen) atoms. The second-order valence-corrected chi connectivity index (χ2v) is 3.72. The zero-order valence-corrected chi connectivity index (χ0v) is 8.87. The van der Waals surface area contributed by atoms with Crippen molar-refractivity contribution in [1.82, 2.24) is 0 Å². The molecule has 0 aromatic heterocycles. The van der Waals surface area contributed by atoms with E-state index in [4.69, 9.17) is 0 Å². The molecule has 0 N–H and O–H groups in total. The van der Waals surface area contributed by atoms with Crippen LogP contribution in [0.4, 0.5) is 0 Å². The highest BCUT2D eigenvalue weighted by atomic mass is 32.2. The summed E-state index contributed by atoms with van der Waals surface area (Å²) in [7, 11) is 0. The van der Waals surface area contributed by atoms with E-state index in [-0.39, 0.29) is 0 Å². The average Bonchev–Trinajstić information content (AvgIpc) is 2.16. The maximum atomic E-state index is 2.31. The fourth-order valence-corrected chi connectivity index (χ4v) is 1.87. The molecule has 0 amide bonds. The van der Waals surface area contributed by atoms with Crippen LogP contribution in [-0.2, 0) is 12.8 Å². The Kier molecular flexibility index (Phi) is 3.67. The van der Waals surface area contributed by atoms with E-state index in [0.29, 0.717) is 0 Å². The molecular weight excluding hydrogens is 164 g/mol. The van der Waals surface area contributed by atoms with E-state index in [1.807, 2.05) is 11.8 Å². The largest absolute Gasteiger partial charge is 0.130 e. The summed E-state index contributed by atoms with van der Waals surface area (Å²) in [5, 5.41) is 0. The Morgan fingerprint density at radius 3 is 2.25 bits per heavy atom. The van der Waals surface area contributed by atoms with Crippen LogP contribution in [0.5, 0.6) is 0 Å². The third-order valence-corrected chi connectivity index (χ3v) is 2.90. The predicted molar refractivity (Wildman–Crippen MR) is 57.0 cm³/mol. The van der Waals surface area contributed by atoms with Gasteiger partial charge in [0, 0.05) is 4.90 Å². The minimum absolute atomic E-state index is 1.15. The molecule has 1 aromatic rings. The quantitative estimate of drug-likeness (QED) is 0.641. The molecule has 0 spiro atoms. The summed E-state index contributed by atoms with van der Waals surface area (Å²) in [4.78, 5) is 1.38. The zero-order valence-electron chi connectivity index (χ0n) is 8.05. The lowest BCUT2D eigenvalue weighted by molar-refractivity contribution is 1.02. The standard InChI is InChI=1S/C11H16S/c1-4-9-6-7-11(12-3)8-10(9)5-2/h6-8H,4-5H2,1-3H3. The number of aryl methyl sites for hydroxylation is 2. The molecule has 1 heteroatoms. The van der Waals surface area contributed by atoms with Gasteiger partial charge in [-0.1, -0.05) is 19.9 Å². The van der Waals surface area contributed by atoms with Crippen LogP contribution in [0, 0.1) is 0 Å². The average molecular weight is 180 g/mol. The third kappa shape index (κ3) is 2.04. The maximum absolute atomic E-state index is 2.31. The third-order valence-electron chi connectivity index (χ3n) is 2.18. The van der Waals surface area contributed by atoms with Gasteiger partial charge in [0.2, 0.25) is 0 Å². The fraction of sp³-hybridized carbons (Fsp3) is 0.455. The van der Waals surface area contributed by atoms with E-state index in [1.165, 1.54) is 16.0 Å². The lowest BCUT2D eigenvalue weighted by Crippen LogP contribution is -1.90. The Bertz CT molecular complexity index is 253. The summed E-state index contributed by atoms with van der Waals surface area (Å²) in [6.45, 7) is 4.44. The van der Waals surface area contributed by atoms with Crippen LogP contribution in [0.25, 0.3) is 0 Å². The molecule has 0 bridgehead atoms. The monoisotopic (exact) mass is 180 g/mol. The van der Waals surface area contributed by atoms with Crippen LogP contribution >= 0.6 is 11.8 Å². The van der Waals surface area contributed by atoms with Gasteiger partial charge in [-0.15, -0.1) is 11.8 Å². The number of hydrogen-bond acceptors (Lipinski definition) is 1. The van der Waals surface area contributed by atoms with E-state index >= 15 is 0 Å². The molecule has 0 saturated heterocycles. The summed E-state index contributed by atoms with van der Waals surface area (Å²) < 4.78 is 0. The van der Waals surface area contributed by atoms with Crippen LogP contribution in [-0.4, -0.2) is 6.26 Å². The zero-order chi connectivity index (χ0) is 8.97. The first-order chi connectivity index (χ1) is 5.81.